The number of ether oxygens (including phenoxy) is 1. The number of amides is 1. The Morgan fingerprint density at radius 2 is 2.31 bits per heavy atom. The molecule has 0 radical (unpaired) electrons. The molecule has 5 nitrogen and oxygen atoms in total. The average molecular weight is 230 g/mol. The lowest BCUT2D eigenvalue weighted by atomic mass is 9.96. The third kappa shape index (κ3) is 2.93. The number of nitrogens with one attached hydrogen (secondary N) is 1. The third-order valence-electron chi connectivity index (χ3n) is 3.25. The highest BCUT2D eigenvalue weighted by Gasteiger charge is 2.39. The van der Waals surface area contributed by atoms with Crippen LogP contribution in [0.5, 0.6) is 0 Å². The second-order valence-electron chi connectivity index (χ2n) is 4.85. The summed E-state index contributed by atoms with van der Waals surface area (Å²) in [4.78, 5) is 11.6. The van der Waals surface area contributed by atoms with Crippen LogP contribution in [0.15, 0.2) is 0 Å². The van der Waals surface area contributed by atoms with E-state index in [1.807, 2.05) is 20.8 Å². The quantitative estimate of drug-likeness (QED) is 0.615. The van der Waals surface area contributed by atoms with E-state index >= 15 is 0 Å². The highest BCUT2D eigenvalue weighted by molar-refractivity contribution is 5.81. The highest BCUT2D eigenvalue weighted by Crippen LogP contribution is 2.24. The van der Waals surface area contributed by atoms with Gasteiger partial charge < -0.3 is 20.9 Å². The molecule has 2 unspecified atom stereocenters. The fourth-order valence-electron chi connectivity index (χ4n) is 1.66. The van der Waals surface area contributed by atoms with Crippen LogP contribution in [0.3, 0.4) is 0 Å². The zero-order valence-electron chi connectivity index (χ0n) is 10.2. The Kier molecular flexibility index (Phi) is 4.29. The van der Waals surface area contributed by atoms with Gasteiger partial charge in [0.25, 0.3) is 0 Å². The Labute approximate surface area is 96.3 Å². The average Bonchev–Trinajstić information content (AvgIpc) is 2.55. The Hall–Kier alpha value is -0.650. The molecule has 1 rings (SSSR count). The molecule has 0 spiro atoms. The number of hydrogen-bond acceptors (Lipinski definition) is 4. The smallest absolute Gasteiger partial charge is 0.237 e. The van der Waals surface area contributed by atoms with Gasteiger partial charge in [-0.2, -0.15) is 0 Å². The summed E-state index contributed by atoms with van der Waals surface area (Å²) in [7, 11) is 0. The molecular weight excluding hydrogens is 208 g/mol. The van der Waals surface area contributed by atoms with E-state index in [-0.39, 0.29) is 24.5 Å². The molecule has 1 heterocycles. The van der Waals surface area contributed by atoms with Gasteiger partial charge in [-0.15, -0.1) is 0 Å². The molecule has 5 heteroatoms. The molecule has 0 saturated carbocycles. The van der Waals surface area contributed by atoms with Crippen LogP contribution >= 0.6 is 0 Å². The molecule has 4 N–H and O–H groups in total. The molecular formula is C11H22N2O3. The van der Waals surface area contributed by atoms with Crippen molar-refractivity contribution < 1.29 is 14.6 Å². The second kappa shape index (κ2) is 5.12. The van der Waals surface area contributed by atoms with Gasteiger partial charge in [0.2, 0.25) is 5.91 Å². The summed E-state index contributed by atoms with van der Waals surface area (Å²) in [6.07, 6.45) is 0.300. The molecule has 1 aliphatic rings. The van der Waals surface area contributed by atoms with Crippen molar-refractivity contribution >= 4 is 5.91 Å². The molecule has 0 aromatic heterocycles. The van der Waals surface area contributed by atoms with Gasteiger partial charge in [-0.25, -0.2) is 0 Å². The van der Waals surface area contributed by atoms with Crippen LogP contribution in [-0.2, 0) is 9.53 Å². The summed E-state index contributed by atoms with van der Waals surface area (Å²) in [6.45, 7) is 6.32. The first-order chi connectivity index (χ1) is 7.37. The van der Waals surface area contributed by atoms with Crippen LogP contribution in [-0.4, -0.2) is 41.9 Å². The molecule has 3 atom stereocenters. The number of carbonyl (C=O) groups is 1. The fraction of sp³-hybridized carbons (Fsp3) is 0.909. The lowest BCUT2D eigenvalue weighted by molar-refractivity contribution is -0.125. The van der Waals surface area contributed by atoms with E-state index in [0.717, 1.165) is 0 Å². The maximum atomic E-state index is 11.6. The van der Waals surface area contributed by atoms with Crippen molar-refractivity contribution in [2.45, 2.75) is 44.9 Å². The van der Waals surface area contributed by atoms with Crippen molar-refractivity contribution in [3.8, 4) is 0 Å². The maximum Gasteiger partial charge on any atom is 0.237 e. The van der Waals surface area contributed by atoms with Crippen LogP contribution in [0.4, 0.5) is 0 Å². The van der Waals surface area contributed by atoms with Gasteiger partial charge in [-0.1, -0.05) is 13.8 Å². The van der Waals surface area contributed by atoms with Crippen molar-refractivity contribution in [1.82, 2.24) is 5.32 Å². The number of hydrogen-bond donors (Lipinski definition) is 3. The first kappa shape index (κ1) is 13.4. The Bertz CT molecular complexity index is 258. The normalized spacial score (nSPS) is 31.8. The van der Waals surface area contributed by atoms with Gasteiger partial charge >= 0.3 is 0 Å². The minimum absolute atomic E-state index is 0.0897. The van der Waals surface area contributed by atoms with Crippen LogP contribution < -0.4 is 11.1 Å². The van der Waals surface area contributed by atoms with Crippen LogP contribution in [0.25, 0.3) is 0 Å². The topological polar surface area (TPSA) is 84.6 Å². The molecule has 0 bridgehead atoms. The SMILES string of the molecule is CC(C)[C@@H](N)C(=O)NCC1(O)CCOC1C. The van der Waals surface area contributed by atoms with Gasteiger partial charge in [-0.3, -0.25) is 4.79 Å². The minimum Gasteiger partial charge on any atom is -0.385 e. The van der Waals surface area contributed by atoms with Gasteiger partial charge in [0.1, 0.15) is 5.60 Å². The molecule has 94 valence electrons. The number of aliphatic hydroxyl groups is 1. The molecule has 0 aliphatic carbocycles. The van der Waals surface area contributed by atoms with Crippen LogP contribution in [0, 0.1) is 5.92 Å². The lowest BCUT2D eigenvalue weighted by Gasteiger charge is -2.27. The van der Waals surface area contributed by atoms with Crippen molar-refractivity contribution in [3.63, 3.8) is 0 Å². The number of nitrogens with two attached hydrogens (primary N) is 1. The third-order valence-corrected chi connectivity index (χ3v) is 3.25. The van der Waals surface area contributed by atoms with Crippen LogP contribution in [0.2, 0.25) is 0 Å². The summed E-state index contributed by atoms with van der Waals surface area (Å²) in [5, 5.41) is 12.8. The first-order valence-corrected chi connectivity index (χ1v) is 5.74. The molecule has 16 heavy (non-hydrogen) atoms. The molecule has 1 saturated heterocycles. The Morgan fingerprint density at radius 3 is 2.75 bits per heavy atom. The van der Waals surface area contributed by atoms with Gasteiger partial charge in [0, 0.05) is 19.6 Å². The lowest BCUT2D eigenvalue weighted by Crippen LogP contribution is -2.52. The van der Waals surface area contributed by atoms with Crippen molar-refractivity contribution in [1.29, 1.82) is 0 Å². The van der Waals surface area contributed by atoms with Gasteiger partial charge in [0.15, 0.2) is 0 Å². The van der Waals surface area contributed by atoms with Crippen molar-refractivity contribution in [3.05, 3.63) is 0 Å². The summed E-state index contributed by atoms with van der Waals surface area (Å²) in [5.41, 5.74) is 4.75. The van der Waals surface area contributed by atoms with Crippen molar-refractivity contribution in [2.24, 2.45) is 11.7 Å². The fourth-order valence-corrected chi connectivity index (χ4v) is 1.66. The van der Waals surface area contributed by atoms with E-state index in [0.29, 0.717) is 13.0 Å². The highest BCUT2D eigenvalue weighted by atomic mass is 16.5. The summed E-state index contributed by atoms with van der Waals surface area (Å²) in [5.74, 6) is -0.130. The molecule has 0 aromatic carbocycles. The van der Waals surface area contributed by atoms with Crippen LogP contribution in [0.1, 0.15) is 27.2 Å². The predicted octanol–water partition coefficient (Wildman–Crippen LogP) is -0.374. The van der Waals surface area contributed by atoms with Gasteiger partial charge in [0.05, 0.1) is 12.1 Å². The Morgan fingerprint density at radius 1 is 1.69 bits per heavy atom. The predicted molar refractivity (Wildman–Crippen MR) is 60.8 cm³/mol. The zero-order chi connectivity index (χ0) is 12.3. The second-order valence-corrected chi connectivity index (χ2v) is 4.85. The monoisotopic (exact) mass is 230 g/mol. The number of rotatable bonds is 4. The molecule has 1 fully saturated rings. The maximum absolute atomic E-state index is 11.6. The van der Waals surface area contributed by atoms with Gasteiger partial charge in [-0.05, 0) is 12.8 Å². The summed E-state index contributed by atoms with van der Waals surface area (Å²) < 4.78 is 5.28. The van der Waals surface area contributed by atoms with E-state index in [1.54, 1.807) is 0 Å². The van der Waals surface area contributed by atoms with E-state index in [9.17, 15) is 9.90 Å². The summed E-state index contributed by atoms with van der Waals surface area (Å²) in [6, 6.07) is -0.527. The molecule has 1 aliphatic heterocycles. The van der Waals surface area contributed by atoms with E-state index in [4.69, 9.17) is 10.5 Å². The van der Waals surface area contributed by atoms with Crippen molar-refractivity contribution in [2.75, 3.05) is 13.2 Å². The summed E-state index contributed by atoms with van der Waals surface area (Å²) >= 11 is 0. The molecule has 0 aromatic rings. The minimum atomic E-state index is -0.952. The standard InChI is InChI=1S/C11H22N2O3/c1-7(2)9(12)10(14)13-6-11(15)4-5-16-8(11)3/h7-9,15H,4-6,12H2,1-3H3,(H,13,14)/t8?,9-,11?/m1/s1. The van der Waals surface area contributed by atoms with E-state index < -0.39 is 11.6 Å². The van der Waals surface area contributed by atoms with E-state index in [1.165, 1.54) is 0 Å². The largest absolute Gasteiger partial charge is 0.385 e. The van der Waals surface area contributed by atoms with E-state index in [2.05, 4.69) is 5.32 Å². The Balaban J connectivity index is 2.42. The zero-order valence-corrected chi connectivity index (χ0v) is 10.2. The number of carbonyl (C=O) groups excluding carboxylic acids is 1. The first-order valence-electron chi connectivity index (χ1n) is 5.74. The molecule has 1 amide bonds.